The average molecular weight is 638 g/mol. The van der Waals surface area contributed by atoms with Gasteiger partial charge in [-0.25, -0.2) is 8.42 Å². The monoisotopic (exact) mass is 637 g/mol. The minimum Gasteiger partial charge on any atom is -0.336 e. The highest BCUT2D eigenvalue weighted by Crippen LogP contribution is 2.39. The molecule has 43 heavy (non-hydrogen) atoms. The number of carbonyl (C=O) groups excluding carboxylic acids is 3. The van der Waals surface area contributed by atoms with Crippen LogP contribution >= 0.6 is 22.9 Å². The van der Waals surface area contributed by atoms with E-state index in [4.69, 9.17) is 11.6 Å². The van der Waals surface area contributed by atoms with Crippen molar-refractivity contribution in [2.45, 2.75) is 37.8 Å². The van der Waals surface area contributed by atoms with E-state index in [1.54, 1.807) is 28.0 Å². The van der Waals surface area contributed by atoms with Crippen molar-refractivity contribution in [1.82, 2.24) is 14.5 Å². The molecule has 1 aromatic heterocycles. The molecule has 5 rings (SSSR count). The summed E-state index contributed by atoms with van der Waals surface area (Å²) in [5.41, 5.74) is 1.18. The Labute approximate surface area is 260 Å². The van der Waals surface area contributed by atoms with Crippen molar-refractivity contribution in [2.24, 2.45) is 0 Å². The van der Waals surface area contributed by atoms with Gasteiger partial charge in [0.05, 0.1) is 11.8 Å². The Morgan fingerprint density at radius 1 is 1.00 bits per heavy atom. The van der Waals surface area contributed by atoms with Crippen LogP contribution in [0.15, 0.2) is 84.2 Å². The number of nitrogens with zero attached hydrogens (tertiary/aromatic N) is 2. The number of sulfonamides is 1. The van der Waals surface area contributed by atoms with Crippen LogP contribution in [0.25, 0.3) is 10.1 Å². The second kappa shape index (κ2) is 12.9. The van der Waals surface area contributed by atoms with E-state index in [-0.39, 0.29) is 37.7 Å². The molecule has 8 nitrogen and oxygen atoms in total. The van der Waals surface area contributed by atoms with Crippen LogP contribution < -0.4 is 4.72 Å². The van der Waals surface area contributed by atoms with E-state index in [1.807, 2.05) is 70.8 Å². The van der Waals surface area contributed by atoms with Gasteiger partial charge in [0.2, 0.25) is 21.8 Å². The molecule has 3 amide bonds. The van der Waals surface area contributed by atoms with Crippen LogP contribution in [0.5, 0.6) is 0 Å². The van der Waals surface area contributed by atoms with Gasteiger partial charge in [-0.3, -0.25) is 19.1 Å². The molecule has 224 valence electrons. The highest BCUT2D eigenvalue weighted by molar-refractivity contribution is 7.89. The van der Waals surface area contributed by atoms with E-state index in [9.17, 15) is 22.8 Å². The van der Waals surface area contributed by atoms with E-state index in [0.29, 0.717) is 30.0 Å². The topological polar surface area (TPSA) is 104 Å². The number of hydrogen-bond donors (Lipinski definition) is 1. The van der Waals surface area contributed by atoms with Crippen molar-refractivity contribution in [2.75, 3.05) is 19.3 Å². The third kappa shape index (κ3) is 7.09. The summed E-state index contributed by atoms with van der Waals surface area (Å²) in [5, 5.41) is 3.24. The molecule has 1 fully saturated rings. The molecule has 0 radical (unpaired) electrons. The van der Waals surface area contributed by atoms with Crippen LogP contribution in [-0.4, -0.2) is 60.8 Å². The molecule has 2 heterocycles. The number of amides is 3. The van der Waals surface area contributed by atoms with Crippen LogP contribution in [0.2, 0.25) is 5.02 Å². The lowest BCUT2D eigenvalue weighted by Gasteiger charge is -2.53. The van der Waals surface area contributed by atoms with Crippen molar-refractivity contribution in [3.63, 3.8) is 0 Å². The van der Waals surface area contributed by atoms with E-state index in [0.717, 1.165) is 27.5 Å². The number of rotatable bonds is 11. The van der Waals surface area contributed by atoms with Crippen LogP contribution in [0, 0.1) is 0 Å². The van der Waals surface area contributed by atoms with E-state index in [1.165, 1.54) is 11.3 Å². The summed E-state index contributed by atoms with van der Waals surface area (Å²) in [6, 6.07) is 24.6. The number of thiophene rings is 1. The zero-order chi connectivity index (χ0) is 30.6. The predicted molar refractivity (Wildman–Crippen MR) is 169 cm³/mol. The molecule has 0 saturated carbocycles. The fourth-order valence-electron chi connectivity index (χ4n) is 5.58. The van der Waals surface area contributed by atoms with Gasteiger partial charge in [0.1, 0.15) is 5.54 Å². The maximum Gasteiger partial charge on any atom is 0.256 e. The summed E-state index contributed by atoms with van der Waals surface area (Å²) < 4.78 is 26.0. The van der Waals surface area contributed by atoms with Crippen LogP contribution in [-0.2, 0) is 32.6 Å². The standard InChI is InChI=1S/C32H32ClN3O5S2/c1-43(40,41)34-29(37)15-8-17-35(21-24-11-7-12-25(33)19-24)31(39)32(20-23-9-3-2-4-10-23)16-18-36(32)30(38)27-22-42-28-14-6-5-13-26(27)28/h2-7,9-14,19,22H,8,15-18,20-21H2,1H3,(H,34,37). The lowest BCUT2D eigenvalue weighted by Crippen LogP contribution is -2.70. The SMILES string of the molecule is CS(=O)(=O)NC(=O)CCCN(Cc1cccc(Cl)c1)C(=O)C1(Cc2ccccc2)CCN1C(=O)c1csc2ccccc12. The van der Waals surface area contributed by atoms with E-state index in [2.05, 4.69) is 0 Å². The quantitative estimate of drug-likeness (QED) is 0.241. The molecule has 0 aliphatic carbocycles. The zero-order valence-corrected chi connectivity index (χ0v) is 26.1. The third-order valence-corrected chi connectivity index (χ3v) is 9.44. The molecule has 1 unspecified atom stereocenters. The highest BCUT2D eigenvalue weighted by Gasteiger charge is 2.55. The first-order chi connectivity index (χ1) is 20.6. The molecule has 0 spiro atoms. The fourth-order valence-corrected chi connectivity index (χ4v) is 7.25. The number of benzene rings is 3. The summed E-state index contributed by atoms with van der Waals surface area (Å²) in [6.45, 7) is 0.832. The number of carbonyl (C=O) groups is 3. The van der Waals surface area contributed by atoms with Gasteiger partial charge in [-0.1, -0.05) is 72.3 Å². The smallest absolute Gasteiger partial charge is 0.256 e. The van der Waals surface area contributed by atoms with Gasteiger partial charge in [0, 0.05) is 53.0 Å². The first-order valence-corrected chi connectivity index (χ1v) is 17.1. The van der Waals surface area contributed by atoms with Gasteiger partial charge >= 0.3 is 0 Å². The van der Waals surface area contributed by atoms with Gasteiger partial charge in [0.25, 0.3) is 5.91 Å². The number of fused-ring (bicyclic) bond motifs is 1. The molecule has 11 heteroatoms. The molecule has 0 bridgehead atoms. The summed E-state index contributed by atoms with van der Waals surface area (Å²) in [6.07, 6.45) is 1.89. The van der Waals surface area contributed by atoms with Gasteiger partial charge in [-0.2, -0.15) is 0 Å². The van der Waals surface area contributed by atoms with Crippen LogP contribution in [0.3, 0.4) is 0 Å². The molecule has 1 saturated heterocycles. The average Bonchev–Trinajstić information content (AvgIpc) is 3.38. The van der Waals surface area contributed by atoms with Crippen molar-refractivity contribution < 1.29 is 22.8 Å². The van der Waals surface area contributed by atoms with Crippen molar-refractivity contribution in [3.05, 3.63) is 106 Å². The Kier molecular flexibility index (Phi) is 9.19. The van der Waals surface area contributed by atoms with E-state index >= 15 is 0 Å². The largest absolute Gasteiger partial charge is 0.336 e. The summed E-state index contributed by atoms with van der Waals surface area (Å²) >= 11 is 7.75. The summed E-state index contributed by atoms with van der Waals surface area (Å²) in [7, 11) is -3.69. The number of halogens is 1. The van der Waals surface area contributed by atoms with Gasteiger partial charge in [-0.05, 0) is 42.2 Å². The van der Waals surface area contributed by atoms with Crippen molar-refractivity contribution in [1.29, 1.82) is 0 Å². The van der Waals surface area contributed by atoms with Crippen LogP contribution in [0.4, 0.5) is 0 Å². The normalized spacial score (nSPS) is 16.5. The Morgan fingerprint density at radius 2 is 1.72 bits per heavy atom. The Balaban J connectivity index is 1.47. The Bertz CT molecular complexity index is 1760. The van der Waals surface area contributed by atoms with Gasteiger partial charge < -0.3 is 9.80 Å². The minimum absolute atomic E-state index is 0.0817. The molecular formula is C32H32ClN3O5S2. The maximum absolute atomic E-state index is 14.7. The first-order valence-electron chi connectivity index (χ1n) is 13.9. The summed E-state index contributed by atoms with van der Waals surface area (Å²) in [5.74, 6) is -1.05. The molecule has 3 aromatic carbocycles. The predicted octanol–water partition coefficient (Wildman–Crippen LogP) is 5.27. The molecule has 1 aliphatic heterocycles. The second-order valence-corrected chi connectivity index (χ2v) is 13.9. The summed E-state index contributed by atoms with van der Waals surface area (Å²) in [4.78, 5) is 44.4. The number of likely N-dealkylation sites (tertiary alicyclic amines) is 1. The van der Waals surface area contributed by atoms with Gasteiger partial charge in [-0.15, -0.1) is 11.3 Å². The number of hydrogen-bond acceptors (Lipinski definition) is 6. The molecule has 4 aromatic rings. The molecular weight excluding hydrogens is 606 g/mol. The molecule has 1 aliphatic rings. The maximum atomic E-state index is 14.7. The third-order valence-electron chi connectivity index (χ3n) is 7.64. The molecule has 1 atom stereocenters. The minimum atomic E-state index is -3.69. The first kappa shape index (κ1) is 30.7. The van der Waals surface area contributed by atoms with Gasteiger partial charge in [0.15, 0.2) is 0 Å². The second-order valence-electron chi connectivity index (χ2n) is 10.8. The van der Waals surface area contributed by atoms with E-state index < -0.39 is 21.5 Å². The Morgan fingerprint density at radius 3 is 2.42 bits per heavy atom. The number of nitrogens with one attached hydrogen (secondary N) is 1. The highest BCUT2D eigenvalue weighted by atomic mass is 35.5. The van der Waals surface area contributed by atoms with Crippen LogP contribution in [0.1, 0.15) is 40.7 Å². The molecule has 1 N–H and O–H groups in total. The Hall–Kier alpha value is -3.73. The zero-order valence-electron chi connectivity index (χ0n) is 23.7. The fraction of sp³-hybridized carbons (Fsp3) is 0.281. The van der Waals surface area contributed by atoms with Crippen molar-refractivity contribution >= 4 is 60.8 Å². The lowest BCUT2D eigenvalue weighted by molar-refractivity contribution is -0.151. The lowest BCUT2D eigenvalue weighted by atomic mass is 9.77. The van der Waals surface area contributed by atoms with Crippen molar-refractivity contribution in [3.8, 4) is 0 Å².